The van der Waals surface area contributed by atoms with Crippen LogP contribution in [0.25, 0.3) is 10.9 Å². The molecule has 0 bridgehead atoms. The quantitative estimate of drug-likeness (QED) is 0.704. The van der Waals surface area contributed by atoms with Crippen molar-refractivity contribution < 1.29 is 0 Å². The number of hydrogen-bond donors (Lipinski definition) is 0. The molecule has 0 radical (unpaired) electrons. The number of benzene rings is 1. The van der Waals surface area contributed by atoms with Gasteiger partial charge in [0.2, 0.25) is 0 Å². The summed E-state index contributed by atoms with van der Waals surface area (Å²) in [4.78, 5) is 5.05. The Bertz CT molecular complexity index is 537. The van der Waals surface area contributed by atoms with Crippen LogP contribution in [0.4, 0.5) is 0 Å². The number of aromatic nitrogens is 1. The summed E-state index contributed by atoms with van der Waals surface area (Å²) in [5.74, 6) is 1.42. The molecule has 1 aliphatic carbocycles. The lowest BCUT2D eigenvalue weighted by atomic mass is 9.89. The summed E-state index contributed by atoms with van der Waals surface area (Å²) in [6.45, 7) is 2.35. The summed E-state index contributed by atoms with van der Waals surface area (Å²) < 4.78 is 0. The van der Waals surface area contributed by atoms with E-state index >= 15 is 0 Å². The first-order valence-corrected chi connectivity index (χ1v) is 7.16. The minimum Gasteiger partial charge on any atom is -0.256 e. The van der Waals surface area contributed by atoms with E-state index in [-0.39, 0.29) is 0 Å². The lowest BCUT2D eigenvalue weighted by Gasteiger charge is -2.18. The van der Waals surface area contributed by atoms with Gasteiger partial charge in [-0.15, -0.1) is 0 Å². The molecule has 1 aromatic heterocycles. The van der Waals surface area contributed by atoms with Gasteiger partial charge in [-0.2, -0.15) is 0 Å². The zero-order chi connectivity index (χ0) is 11.8. The predicted molar refractivity (Wildman–Crippen MR) is 75.6 cm³/mol. The fourth-order valence-electron chi connectivity index (χ4n) is 2.91. The summed E-state index contributed by atoms with van der Waals surface area (Å²) in [5, 5.41) is 1.26. The van der Waals surface area contributed by atoms with Crippen LogP contribution in [0.3, 0.4) is 0 Å². The minimum atomic E-state index is 0.678. The molecule has 1 aliphatic rings. The average Bonchev–Trinajstić information content (AvgIpc) is 2.70. The van der Waals surface area contributed by atoms with Crippen molar-refractivity contribution in [3.8, 4) is 0 Å². The normalized spacial score (nSPS) is 28.7. The molecule has 0 N–H and O–H groups in total. The standard InChI is InChI=1S/C15H16BrN/c1-10-13(5-6-14(10)16)11-4-7-15-12(9-11)3-2-8-17-15/h2-4,7-10,13-14H,5-6H2,1H3. The van der Waals surface area contributed by atoms with Crippen LogP contribution in [0.15, 0.2) is 36.5 Å². The second-order valence-electron chi connectivity index (χ2n) is 5.01. The molecular weight excluding hydrogens is 274 g/mol. The van der Waals surface area contributed by atoms with E-state index in [1.54, 1.807) is 0 Å². The maximum atomic E-state index is 4.37. The highest BCUT2D eigenvalue weighted by atomic mass is 79.9. The Hall–Kier alpha value is -0.890. The Morgan fingerprint density at radius 1 is 1.24 bits per heavy atom. The Labute approximate surface area is 110 Å². The van der Waals surface area contributed by atoms with Crippen molar-refractivity contribution in [3.05, 3.63) is 42.1 Å². The topological polar surface area (TPSA) is 12.9 Å². The molecule has 1 heterocycles. The number of hydrogen-bond acceptors (Lipinski definition) is 1. The van der Waals surface area contributed by atoms with Crippen molar-refractivity contribution in [3.63, 3.8) is 0 Å². The zero-order valence-electron chi connectivity index (χ0n) is 9.94. The van der Waals surface area contributed by atoms with Crippen LogP contribution in [-0.2, 0) is 0 Å². The van der Waals surface area contributed by atoms with Crippen LogP contribution in [-0.4, -0.2) is 9.81 Å². The minimum absolute atomic E-state index is 0.678. The van der Waals surface area contributed by atoms with Crippen molar-refractivity contribution in [2.75, 3.05) is 0 Å². The van der Waals surface area contributed by atoms with E-state index in [1.165, 1.54) is 23.8 Å². The maximum Gasteiger partial charge on any atom is 0.0702 e. The SMILES string of the molecule is CC1C(Br)CCC1c1ccc2ncccc2c1. The van der Waals surface area contributed by atoms with Crippen molar-refractivity contribution in [2.24, 2.45) is 5.92 Å². The summed E-state index contributed by atoms with van der Waals surface area (Å²) >= 11 is 3.78. The number of alkyl halides is 1. The third-order valence-corrected chi connectivity index (χ3v) is 5.31. The van der Waals surface area contributed by atoms with Gasteiger partial charge in [-0.25, -0.2) is 0 Å². The second-order valence-corrected chi connectivity index (χ2v) is 6.19. The van der Waals surface area contributed by atoms with Gasteiger partial charge in [-0.1, -0.05) is 35.0 Å². The van der Waals surface area contributed by atoms with Crippen molar-refractivity contribution in [1.29, 1.82) is 0 Å². The van der Waals surface area contributed by atoms with Gasteiger partial charge in [-0.3, -0.25) is 4.98 Å². The number of fused-ring (bicyclic) bond motifs is 1. The molecule has 1 nitrogen and oxygen atoms in total. The third-order valence-electron chi connectivity index (χ3n) is 4.01. The van der Waals surface area contributed by atoms with E-state index in [0.29, 0.717) is 10.7 Å². The first-order chi connectivity index (χ1) is 8.25. The molecule has 2 heteroatoms. The van der Waals surface area contributed by atoms with Gasteiger partial charge in [0.05, 0.1) is 5.52 Å². The van der Waals surface area contributed by atoms with E-state index in [1.807, 2.05) is 12.3 Å². The number of rotatable bonds is 1. The van der Waals surface area contributed by atoms with Gasteiger partial charge in [0, 0.05) is 16.4 Å². The monoisotopic (exact) mass is 289 g/mol. The number of nitrogens with zero attached hydrogens (tertiary/aromatic N) is 1. The Balaban J connectivity index is 2.01. The number of pyridine rings is 1. The predicted octanol–water partition coefficient (Wildman–Crippen LogP) is 4.51. The van der Waals surface area contributed by atoms with Gasteiger partial charge in [0.15, 0.2) is 0 Å². The van der Waals surface area contributed by atoms with Crippen molar-refractivity contribution >= 4 is 26.8 Å². The Kier molecular flexibility index (Phi) is 2.91. The van der Waals surface area contributed by atoms with Crippen LogP contribution in [0.5, 0.6) is 0 Å². The fraction of sp³-hybridized carbons (Fsp3) is 0.400. The molecule has 1 saturated carbocycles. The molecular formula is C15H16BrN. The van der Waals surface area contributed by atoms with Crippen molar-refractivity contribution in [1.82, 2.24) is 4.98 Å². The van der Waals surface area contributed by atoms with Crippen molar-refractivity contribution in [2.45, 2.75) is 30.5 Å². The van der Waals surface area contributed by atoms with Gasteiger partial charge in [0.25, 0.3) is 0 Å². The average molecular weight is 290 g/mol. The van der Waals surface area contributed by atoms with Gasteiger partial charge >= 0.3 is 0 Å². The highest BCUT2D eigenvalue weighted by Crippen LogP contribution is 2.43. The zero-order valence-corrected chi connectivity index (χ0v) is 11.5. The summed E-state index contributed by atoms with van der Waals surface area (Å²) in [7, 11) is 0. The smallest absolute Gasteiger partial charge is 0.0702 e. The molecule has 3 rings (SSSR count). The first-order valence-electron chi connectivity index (χ1n) is 6.24. The van der Waals surface area contributed by atoms with E-state index in [4.69, 9.17) is 0 Å². The third kappa shape index (κ3) is 1.99. The molecule has 0 aliphatic heterocycles. The van der Waals surface area contributed by atoms with Crippen LogP contribution in [0.1, 0.15) is 31.2 Å². The van der Waals surface area contributed by atoms with Gasteiger partial charge in [-0.05, 0) is 48.4 Å². The Morgan fingerprint density at radius 2 is 2.12 bits per heavy atom. The van der Waals surface area contributed by atoms with E-state index in [0.717, 1.165) is 11.4 Å². The van der Waals surface area contributed by atoms with E-state index in [9.17, 15) is 0 Å². The molecule has 3 atom stereocenters. The molecule has 17 heavy (non-hydrogen) atoms. The second kappa shape index (κ2) is 4.41. The largest absolute Gasteiger partial charge is 0.256 e. The molecule has 1 fully saturated rings. The van der Waals surface area contributed by atoms with Gasteiger partial charge in [0.1, 0.15) is 0 Å². The fourth-order valence-corrected chi connectivity index (χ4v) is 3.54. The maximum absolute atomic E-state index is 4.37. The first kappa shape index (κ1) is 11.2. The highest BCUT2D eigenvalue weighted by molar-refractivity contribution is 9.09. The van der Waals surface area contributed by atoms with Crippen LogP contribution < -0.4 is 0 Å². The molecule has 3 unspecified atom stereocenters. The molecule has 2 aromatic rings. The molecule has 0 amide bonds. The molecule has 0 spiro atoms. The van der Waals surface area contributed by atoms with Crippen LogP contribution >= 0.6 is 15.9 Å². The van der Waals surface area contributed by atoms with E-state index in [2.05, 4.69) is 52.1 Å². The summed E-state index contributed by atoms with van der Waals surface area (Å²) in [6.07, 6.45) is 4.44. The van der Waals surface area contributed by atoms with Crippen LogP contribution in [0.2, 0.25) is 0 Å². The Morgan fingerprint density at radius 3 is 2.88 bits per heavy atom. The number of halogens is 1. The highest BCUT2D eigenvalue weighted by Gasteiger charge is 2.31. The molecule has 88 valence electrons. The van der Waals surface area contributed by atoms with E-state index < -0.39 is 0 Å². The molecule has 0 saturated heterocycles. The summed E-state index contributed by atoms with van der Waals surface area (Å²) in [5.41, 5.74) is 2.57. The summed E-state index contributed by atoms with van der Waals surface area (Å²) in [6, 6.07) is 10.9. The molecule has 1 aromatic carbocycles. The lowest BCUT2D eigenvalue weighted by molar-refractivity contribution is 0.545. The van der Waals surface area contributed by atoms with Gasteiger partial charge < -0.3 is 0 Å². The van der Waals surface area contributed by atoms with Crippen LogP contribution in [0, 0.1) is 5.92 Å². The lowest BCUT2D eigenvalue weighted by Crippen LogP contribution is -2.08.